The Bertz CT molecular complexity index is 1260. The predicted octanol–water partition coefficient (Wildman–Crippen LogP) is 4.76. The molecule has 0 saturated carbocycles. The van der Waals surface area contributed by atoms with Crippen LogP contribution in [0.25, 0.3) is 16.7 Å². The van der Waals surface area contributed by atoms with Gasteiger partial charge in [-0.1, -0.05) is 23.9 Å². The lowest BCUT2D eigenvalue weighted by Gasteiger charge is -2.14. The molecule has 0 saturated heterocycles. The van der Waals surface area contributed by atoms with Gasteiger partial charge in [-0.25, -0.2) is 14.6 Å². The molecular weight excluding hydrogens is 455 g/mol. The van der Waals surface area contributed by atoms with Crippen molar-refractivity contribution in [3.8, 4) is 5.69 Å². The molecule has 0 radical (unpaired) electrons. The van der Waals surface area contributed by atoms with Crippen LogP contribution in [0.1, 0.15) is 12.1 Å². The van der Waals surface area contributed by atoms with Crippen molar-refractivity contribution in [2.75, 3.05) is 11.1 Å². The number of nitrogens with zero attached hydrogens (tertiary/aromatic N) is 5. The summed E-state index contributed by atoms with van der Waals surface area (Å²) in [5.41, 5.74) is -0.422. The highest BCUT2D eigenvalue weighted by Crippen LogP contribution is 2.34. The monoisotopic (exact) mass is 468 g/mol. The number of carbonyl (C=O) groups is 1. The maximum absolute atomic E-state index is 13.5. The first kappa shape index (κ1) is 21.7. The maximum Gasteiger partial charge on any atom is 0.416 e. The van der Waals surface area contributed by atoms with Crippen molar-refractivity contribution < 1.29 is 26.7 Å². The Labute approximate surface area is 181 Å². The number of aromatic nitrogens is 5. The molecule has 0 aliphatic carbocycles. The smallest absolute Gasteiger partial charge is 0.323 e. The molecule has 1 N–H and O–H groups in total. The predicted molar refractivity (Wildman–Crippen MR) is 107 cm³/mol. The normalized spacial score (nSPS) is 11.9. The minimum atomic E-state index is -4.63. The molecule has 7 nitrogen and oxygen atoms in total. The Morgan fingerprint density at radius 1 is 1.16 bits per heavy atom. The molecule has 0 aliphatic rings. The number of nitrogens with one attached hydrogen (secondary N) is 1. The third kappa shape index (κ3) is 4.42. The topological polar surface area (TPSA) is 77.6 Å². The van der Waals surface area contributed by atoms with Crippen molar-refractivity contribution >= 4 is 34.4 Å². The molecule has 4 rings (SSSR count). The minimum Gasteiger partial charge on any atom is -0.323 e. The van der Waals surface area contributed by atoms with Crippen LogP contribution in [0, 0.1) is 0 Å². The van der Waals surface area contributed by atoms with E-state index in [1.54, 1.807) is 18.2 Å². The van der Waals surface area contributed by atoms with Crippen LogP contribution in [0.2, 0.25) is 0 Å². The molecule has 0 spiro atoms. The van der Waals surface area contributed by atoms with E-state index in [9.17, 15) is 26.7 Å². The molecular formula is C19H13F5N6OS. The second-order valence-electron chi connectivity index (χ2n) is 6.44. The van der Waals surface area contributed by atoms with Crippen molar-refractivity contribution in [1.29, 1.82) is 0 Å². The minimum absolute atomic E-state index is 0.0862. The van der Waals surface area contributed by atoms with Gasteiger partial charge in [-0.15, -0.1) is 0 Å². The number of rotatable bonds is 6. The first-order valence-electron chi connectivity index (χ1n) is 8.98. The molecule has 4 aromatic rings. The molecule has 0 unspecified atom stereocenters. The third-order valence-corrected chi connectivity index (χ3v) is 5.31. The van der Waals surface area contributed by atoms with Gasteiger partial charge in [-0.3, -0.25) is 9.36 Å². The zero-order valence-electron chi connectivity index (χ0n) is 15.9. The lowest BCUT2D eigenvalue weighted by Crippen LogP contribution is -2.17. The largest absolute Gasteiger partial charge is 0.416 e. The van der Waals surface area contributed by atoms with Crippen molar-refractivity contribution in [2.45, 2.75) is 17.9 Å². The molecule has 13 heteroatoms. The van der Waals surface area contributed by atoms with Crippen LogP contribution in [-0.4, -0.2) is 36.0 Å². The quantitative estimate of drug-likeness (QED) is 0.326. The van der Waals surface area contributed by atoms with E-state index in [1.165, 1.54) is 23.4 Å². The zero-order chi connectivity index (χ0) is 22.9. The summed E-state index contributed by atoms with van der Waals surface area (Å²) in [4.78, 5) is 20.3. The Kier molecular flexibility index (Phi) is 5.82. The molecule has 2 aromatic carbocycles. The fourth-order valence-electron chi connectivity index (χ4n) is 2.97. The van der Waals surface area contributed by atoms with Gasteiger partial charge in [0.1, 0.15) is 12.7 Å². The fourth-order valence-corrected chi connectivity index (χ4v) is 3.79. The average molecular weight is 468 g/mol. The van der Waals surface area contributed by atoms with E-state index in [1.807, 2.05) is 0 Å². The van der Waals surface area contributed by atoms with Crippen LogP contribution in [0.15, 0.2) is 60.3 Å². The van der Waals surface area contributed by atoms with Gasteiger partial charge in [0, 0.05) is 0 Å². The number of fused-ring (bicyclic) bond motifs is 1. The second-order valence-corrected chi connectivity index (χ2v) is 7.38. The van der Waals surface area contributed by atoms with Crippen LogP contribution >= 0.6 is 11.8 Å². The molecule has 0 aliphatic heterocycles. The van der Waals surface area contributed by atoms with E-state index in [0.29, 0.717) is 10.1 Å². The number of hydrogen-bond acceptors (Lipinski definition) is 5. The SMILES string of the molecule is O=C(CSc1nc2ccccc2n1C(F)F)Nc1cc(C(F)(F)F)ccc1-n1cncn1. The van der Waals surface area contributed by atoms with Crippen LogP contribution in [0.4, 0.5) is 27.6 Å². The second kappa shape index (κ2) is 8.57. The number of thioether (sulfide) groups is 1. The van der Waals surface area contributed by atoms with E-state index in [-0.39, 0.29) is 27.8 Å². The summed E-state index contributed by atoms with van der Waals surface area (Å²) in [6.07, 6.45) is -2.18. The van der Waals surface area contributed by atoms with E-state index in [4.69, 9.17) is 0 Å². The van der Waals surface area contributed by atoms with E-state index < -0.39 is 24.2 Å². The Morgan fingerprint density at radius 2 is 1.94 bits per heavy atom. The maximum atomic E-state index is 13.5. The number of benzene rings is 2. The van der Waals surface area contributed by atoms with Gasteiger partial charge in [0.2, 0.25) is 5.91 Å². The number of halogens is 5. The molecule has 0 bridgehead atoms. The molecule has 166 valence electrons. The van der Waals surface area contributed by atoms with Crippen LogP contribution in [-0.2, 0) is 11.0 Å². The number of anilines is 1. The first-order valence-corrected chi connectivity index (χ1v) is 9.96. The average Bonchev–Trinajstić information content (AvgIpc) is 3.39. The van der Waals surface area contributed by atoms with Gasteiger partial charge in [0.15, 0.2) is 5.16 Å². The summed E-state index contributed by atoms with van der Waals surface area (Å²) in [7, 11) is 0. The first-order chi connectivity index (χ1) is 15.2. The van der Waals surface area contributed by atoms with Crippen molar-refractivity contribution in [1.82, 2.24) is 24.3 Å². The van der Waals surface area contributed by atoms with Crippen molar-refractivity contribution in [2.24, 2.45) is 0 Å². The molecule has 0 atom stereocenters. The van der Waals surface area contributed by atoms with Crippen molar-refractivity contribution in [3.63, 3.8) is 0 Å². The van der Waals surface area contributed by atoms with Gasteiger partial charge in [0.05, 0.1) is 33.7 Å². The summed E-state index contributed by atoms with van der Waals surface area (Å²) < 4.78 is 68.3. The van der Waals surface area contributed by atoms with E-state index in [0.717, 1.165) is 30.0 Å². The van der Waals surface area contributed by atoms with E-state index >= 15 is 0 Å². The van der Waals surface area contributed by atoms with Gasteiger partial charge >= 0.3 is 12.7 Å². The van der Waals surface area contributed by atoms with Crippen molar-refractivity contribution in [3.05, 3.63) is 60.7 Å². The van der Waals surface area contributed by atoms with Crippen LogP contribution in [0.3, 0.4) is 0 Å². The highest BCUT2D eigenvalue weighted by atomic mass is 32.2. The molecule has 2 heterocycles. The van der Waals surface area contributed by atoms with Crippen LogP contribution in [0.5, 0.6) is 0 Å². The lowest BCUT2D eigenvalue weighted by molar-refractivity contribution is -0.137. The number of carbonyl (C=O) groups excluding carboxylic acids is 1. The summed E-state index contributed by atoms with van der Waals surface area (Å²) in [6.45, 7) is -2.88. The van der Waals surface area contributed by atoms with Gasteiger partial charge in [-0.2, -0.15) is 27.1 Å². The Morgan fingerprint density at radius 3 is 2.62 bits per heavy atom. The number of amides is 1. The number of alkyl halides is 5. The molecule has 0 fully saturated rings. The van der Waals surface area contributed by atoms with E-state index in [2.05, 4.69) is 20.4 Å². The Hall–Kier alpha value is -3.48. The van der Waals surface area contributed by atoms with Gasteiger partial charge in [0.25, 0.3) is 0 Å². The summed E-state index contributed by atoms with van der Waals surface area (Å²) in [5, 5.41) is 6.17. The highest BCUT2D eigenvalue weighted by Gasteiger charge is 2.31. The highest BCUT2D eigenvalue weighted by molar-refractivity contribution is 7.99. The fraction of sp³-hybridized carbons (Fsp3) is 0.158. The van der Waals surface area contributed by atoms with Gasteiger partial charge < -0.3 is 5.32 Å². The number of para-hydroxylation sites is 2. The molecule has 32 heavy (non-hydrogen) atoms. The number of hydrogen-bond donors (Lipinski definition) is 1. The number of imidazole rings is 1. The summed E-state index contributed by atoms with van der Waals surface area (Å²) >= 11 is 0.744. The lowest BCUT2D eigenvalue weighted by atomic mass is 10.1. The summed E-state index contributed by atoms with van der Waals surface area (Å²) in [6, 6.07) is 9.04. The standard InChI is InChI=1S/C19H13F5N6OS/c20-17(21)30-15-4-2-1-3-12(15)28-18(30)32-8-16(31)27-13-7-11(19(22,23)24)5-6-14(13)29-10-25-9-26-29/h1-7,9-10,17H,8H2,(H,27,31). The molecule has 1 amide bonds. The summed E-state index contributed by atoms with van der Waals surface area (Å²) in [5.74, 6) is -1.06. The van der Waals surface area contributed by atoms with Gasteiger partial charge in [-0.05, 0) is 30.3 Å². The zero-order valence-corrected chi connectivity index (χ0v) is 16.7. The third-order valence-electron chi connectivity index (χ3n) is 4.35. The molecule has 2 aromatic heterocycles. The Balaban J connectivity index is 1.57. The van der Waals surface area contributed by atoms with Crippen LogP contribution < -0.4 is 5.32 Å².